The van der Waals surface area contributed by atoms with Crippen LogP contribution in [0.2, 0.25) is 0 Å². The molecule has 1 aliphatic heterocycles. The number of hydrogen-bond acceptors (Lipinski definition) is 4. The topological polar surface area (TPSA) is 51.5 Å². The van der Waals surface area contributed by atoms with E-state index < -0.39 is 0 Å². The maximum absolute atomic E-state index is 4.61. The Morgan fingerprint density at radius 1 is 0.789 bits per heavy atom. The average Bonchev–Trinajstić information content (AvgIpc) is 4.31. The molecule has 2 aliphatic carbocycles. The van der Waals surface area contributed by atoms with E-state index in [1.807, 2.05) is 41.9 Å². The van der Waals surface area contributed by atoms with Gasteiger partial charge in [0, 0.05) is 49.9 Å². The highest BCUT2D eigenvalue weighted by atomic mass is 32.1. The lowest BCUT2D eigenvalue weighted by atomic mass is 9.97. The molecule has 3 aromatic heterocycles. The molecule has 3 aliphatic rings. The molecule has 0 fully saturated rings. The Labute approximate surface area is 454 Å². The fourth-order valence-electron chi connectivity index (χ4n) is 11.2. The number of nitrogens with zero attached hydrogens (tertiary/aromatic N) is 4. The third kappa shape index (κ3) is 9.99. The van der Waals surface area contributed by atoms with Gasteiger partial charge in [-0.25, -0.2) is 0 Å². The Morgan fingerprint density at radius 2 is 1.47 bits per heavy atom. The van der Waals surface area contributed by atoms with Gasteiger partial charge in [-0.2, -0.15) is 0 Å². The van der Waals surface area contributed by atoms with Crippen molar-refractivity contribution in [3.63, 3.8) is 0 Å². The summed E-state index contributed by atoms with van der Waals surface area (Å²) in [5.74, 6) is 0.802. The summed E-state index contributed by atoms with van der Waals surface area (Å²) in [5, 5.41) is 8.41. The van der Waals surface area contributed by atoms with Gasteiger partial charge in [0.1, 0.15) is 0 Å². The SMILES string of the molecule is C=C/C=C(\C=C)n1c2ccccc2c2cc(-c3ccc4c(c3)c3c(/C=C\C)c(C=C)ccc3n4N(C)/C(=C3/C=c4cc(C5=CC=NC5C)sc4=CC3)c3ccccc3)ccc21.CC1CCc2ccccc21.CCC.CN. The first-order valence-electron chi connectivity index (χ1n) is 26.8. The van der Waals surface area contributed by atoms with Crippen molar-refractivity contribution < 1.29 is 0 Å². The molecule has 2 unspecified atom stereocenters. The largest absolute Gasteiger partial charge is 0.333 e. The summed E-state index contributed by atoms with van der Waals surface area (Å²) in [6.07, 6.45) is 25.7. The molecule has 6 heteroatoms. The molecule has 0 amide bonds. The van der Waals surface area contributed by atoms with Crippen molar-refractivity contribution in [2.24, 2.45) is 10.7 Å². The van der Waals surface area contributed by atoms with Gasteiger partial charge in [0.15, 0.2) is 0 Å². The quantitative estimate of drug-likeness (QED) is 0.139. The molecule has 4 heterocycles. The molecule has 76 heavy (non-hydrogen) atoms. The third-order valence-corrected chi connectivity index (χ3v) is 15.8. The average molecular weight is 1010 g/mol. The van der Waals surface area contributed by atoms with Gasteiger partial charge in [0.2, 0.25) is 0 Å². The molecule has 382 valence electrons. The maximum Gasteiger partial charge on any atom is 0.0735 e. The summed E-state index contributed by atoms with van der Waals surface area (Å²) >= 11 is 1.87. The van der Waals surface area contributed by atoms with Gasteiger partial charge >= 0.3 is 0 Å². The lowest BCUT2D eigenvalue weighted by Crippen LogP contribution is -2.30. The molecule has 0 radical (unpaired) electrons. The summed E-state index contributed by atoms with van der Waals surface area (Å²) in [6, 6.07) is 49.0. The number of aryl methyl sites for hydroxylation is 1. The van der Waals surface area contributed by atoms with E-state index in [0.29, 0.717) is 0 Å². The van der Waals surface area contributed by atoms with Crippen LogP contribution in [0.1, 0.15) is 92.5 Å². The van der Waals surface area contributed by atoms with Gasteiger partial charge in [-0.15, -0.1) is 11.3 Å². The second-order valence-electron chi connectivity index (χ2n) is 19.5. The van der Waals surface area contributed by atoms with Crippen LogP contribution in [0.15, 0.2) is 194 Å². The zero-order valence-electron chi connectivity index (χ0n) is 45.4. The number of benzene rings is 6. The van der Waals surface area contributed by atoms with E-state index in [-0.39, 0.29) is 6.04 Å². The van der Waals surface area contributed by atoms with Crippen LogP contribution in [0.3, 0.4) is 0 Å². The van der Waals surface area contributed by atoms with Crippen LogP contribution in [0.5, 0.6) is 0 Å². The monoisotopic (exact) mass is 1010 g/mol. The second kappa shape index (κ2) is 23.7. The Kier molecular flexibility index (Phi) is 16.4. The van der Waals surface area contributed by atoms with Crippen LogP contribution in [0.4, 0.5) is 0 Å². The molecule has 0 saturated carbocycles. The van der Waals surface area contributed by atoms with E-state index in [1.54, 1.807) is 11.1 Å². The van der Waals surface area contributed by atoms with Crippen LogP contribution < -0.4 is 20.5 Å². The van der Waals surface area contributed by atoms with E-state index in [1.165, 1.54) is 84.9 Å². The van der Waals surface area contributed by atoms with E-state index in [4.69, 9.17) is 0 Å². The Balaban J connectivity index is 0.000000409. The fraction of sp³-hybridized carbons (Fsp3) is 0.186. The number of rotatable bonds is 10. The maximum atomic E-state index is 4.61. The normalized spacial score (nSPS) is 16.1. The predicted molar refractivity (Wildman–Crippen MR) is 337 cm³/mol. The highest BCUT2D eigenvalue weighted by Crippen LogP contribution is 2.41. The molecule has 2 N–H and O–H groups in total. The lowest BCUT2D eigenvalue weighted by Gasteiger charge is -2.29. The van der Waals surface area contributed by atoms with Gasteiger partial charge in [0.05, 0.1) is 33.8 Å². The molecule has 0 bridgehead atoms. The standard InChI is InChI=1S/C56H46N4S.C10H12.C3H8.CH5N/c1-7-16-43(10-4)59-49-21-15-14-20-46(49)47-33-39(23-26-50(47)59)40-24-27-51-48(34-40)55-45(17-8-2)37(9-3)22-28-52(55)60(51)58(6)56(38-18-12-11-13-19-38)41-25-29-53-42(32-41)35-54(61-53)44-30-31-57-36(44)5;1-8-6-7-9-4-2-3-5-10(8)9;1-3-2;1-2/h7-24,26-36H,1,3-4,25H2,2,5-6H3;2-5,8H,6-7H2,1H3;3H2,1-2H3;2H2,1H3/b17-8-,43-16+,56-41+;;;. The first kappa shape index (κ1) is 52.8. The number of nitrogens with two attached hydrogens (primary N) is 1. The summed E-state index contributed by atoms with van der Waals surface area (Å²) in [7, 11) is 3.71. The minimum absolute atomic E-state index is 0.186. The molecule has 5 nitrogen and oxygen atoms in total. The summed E-state index contributed by atoms with van der Waals surface area (Å²) in [4.78, 5) is 5.90. The zero-order chi connectivity index (χ0) is 53.5. The van der Waals surface area contributed by atoms with E-state index in [2.05, 4.69) is 250 Å². The van der Waals surface area contributed by atoms with Crippen molar-refractivity contribution in [1.82, 2.24) is 9.24 Å². The minimum Gasteiger partial charge on any atom is -0.333 e. The molecule has 12 rings (SSSR count). The highest BCUT2D eigenvalue weighted by molar-refractivity contribution is 7.11. The van der Waals surface area contributed by atoms with E-state index in [9.17, 15) is 0 Å². The summed E-state index contributed by atoms with van der Waals surface area (Å²) in [6.45, 7) is 23.2. The number of thiophene rings is 1. The number of aromatic nitrogens is 2. The van der Waals surface area contributed by atoms with Crippen LogP contribution in [0, 0.1) is 0 Å². The zero-order valence-corrected chi connectivity index (χ0v) is 46.2. The van der Waals surface area contributed by atoms with Crippen LogP contribution in [-0.2, 0) is 6.42 Å². The first-order valence-corrected chi connectivity index (χ1v) is 27.6. The van der Waals surface area contributed by atoms with Gasteiger partial charge in [-0.05, 0) is 168 Å². The molecular formula is C70H71N5S. The van der Waals surface area contributed by atoms with Gasteiger partial charge in [-0.3, -0.25) is 14.7 Å². The number of aliphatic imine (C=N–C) groups is 1. The van der Waals surface area contributed by atoms with Crippen LogP contribution in [-0.4, -0.2) is 35.6 Å². The Hall–Kier alpha value is -8.03. The Bertz CT molecular complexity index is 3940. The predicted octanol–water partition coefficient (Wildman–Crippen LogP) is 16.7. The number of para-hydroxylation sites is 1. The van der Waals surface area contributed by atoms with Crippen molar-refractivity contribution >= 4 is 102 Å². The van der Waals surface area contributed by atoms with E-state index in [0.717, 1.165) is 62.4 Å². The number of allylic oxidation sites excluding steroid dienone is 7. The summed E-state index contributed by atoms with van der Waals surface area (Å²) in [5.41, 5.74) is 22.6. The van der Waals surface area contributed by atoms with Gasteiger partial charge < -0.3 is 10.3 Å². The van der Waals surface area contributed by atoms with Crippen molar-refractivity contribution in [2.45, 2.75) is 72.3 Å². The van der Waals surface area contributed by atoms with Gasteiger partial charge in [-0.1, -0.05) is 168 Å². The second-order valence-corrected chi connectivity index (χ2v) is 20.6. The Morgan fingerprint density at radius 3 is 2.17 bits per heavy atom. The highest BCUT2D eigenvalue weighted by Gasteiger charge is 2.24. The molecule has 9 aromatic rings. The minimum atomic E-state index is 0.186. The molecule has 0 spiro atoms. The molecule has 2 atom stereocenters. The molecule has 0 saturated heterocycles. The first-order chi connectivity index (χ1) is 37.2. The molecule has 6 aromatic carbocycles. The smallest absolute Gasteiger partial charge is 0.0735 e. The van der Waals surface area contributed by atoms with Crippen molar-refractivity contribution in [1.29, 1.82) is 0 Å². The summed E-state index contributed by atoms with van der Waals surface area (Å²) < 4.78 is 6.01. The van der Waals surface area contributed by atoms with Crippen molar-refractivity contribution in [2.75, 3.05) is 19.1 Å². The van der Waals surface area contributed by atoms with Crippen LogP contribution in [0.25, 0.3) is 96.0 Å². The lowest BCUT2D eigenvalue weighted by molar-refractivity contribution is 0.747. The fourth-order valence-corrected chi connectivity index (χ4v) is 12.4. The molecular weight excluding hydrogens is 943 g/mol. The van der Waals surface area contributed by atoms with Gasteiger partial charge in [0.25, 0.3) is 0 Å². The van der Waals surface area contributed by atoms with Crippen molar-refractivity contribution in [3.05, 3.63) is 232 Å². The number of hydrogen-bond donors (Lipinski definition) is 1. The van der Waals surface area contributed by atoms with Crippen LogP contribution >= 0.6 is 11.3 Å². The van der Waals surface area contributed by atoms with Crippen molar-refractivity contribution in [3.8, 4) is 11.1 Å². The van der Waals surface area contributed by atoms with E-state index >= 15 is 0 Å². The third-order valence-electron chi connectivity index (χ3n) is 14.6. The number of fused-ring (bicyclic) bond motifs is 8.